The zero-order valence-electron chi connectivity index (χ0n) is 12.9. The van der Waals surface area contributed by atoms with Crippen LogP contribution < -0.4 is 4.90 Å². The predicted molar refractivity (Wildman–Crippen MR) is 93.4 cm³/mol. The standard InChI is InChI=1S/C17H14ClN3O3/c1-11-2-3-12(9-15(11)18)17(22)20-7-6-19-10-13-8-14(21(23)24)4-5-16(13)20/h2-5,8-10H,6-7H2,1H3. The van der Waals surface area contributed by atoms with Crippen LogP contribution in [0.3, 0.4) is 0 Å². The van der Waals surface area contributed by atoms with Crippen LogP contribution in [0.2, 0.25) is 5.02 Å². The van der Waals surface area contributed by atoms with E-state index in [-0.39, 0.29) is 11.6 Å². The van der Waals surface area contributed by atoms with Gasteiger partial charge < -0.3 is 4.90 Å². The first-order chi connectivity index (χ1) is 11.5. The van der Waals surface area contributed by atoms with Crippen molar-refractivity contribution in [2.75, 3.05) is 18.0 Å². The maximum atomic E-state index is 12.9. The van der Waals surface area contributed by atoms with Gasteiger partial charge in [-0.25, -0.2) is 0 Å². The second kappa shape index (κ2) is 6.41. The Morgan fingerprint density at radius 1 is 1.29 bits per heavy atom. The van der Waals surface area contributed by atoms with E-state index in [0.29, 0.717) is 34.9 Å². The van der Waals surface area contributed by atoms with E-state index in [9.17, 15) is 14.9 Å². The fraction of sp³-hybridized carbons (Fsp3) is 0.176. The number of non-ortho nitro benzene ring substituents is 1. The van der Waals surface area contributed by atoms with Crippen molar-refractivity contribution in [2.24, 2.45) is 4.99 Å². The number of benzene rings is 2. The third kappa shape index (κ3) is 3.00. The van der Waals surface area contributed by atoms with E-state index in [4.69, 9.17) is 11.6 Å². The lowest BCUT2D eigenvalue weighted by atomic mass is 10.1. The first-order valence-corrected chi connectivity index (χ1v) is 7.71. The number of anilines is 1. The molecule has 0 aliphatic carbocycles. The number of carbonyl (C=O) groups is 1. The zero-order chi connectivity index (χ0) is 17.3. The highest BCUT2D eigenvalue weighted by atomic mass is 35.5. The number of fused-ring (bicyclic) bond motifs is 1. The molecule has 0 saturated heterocycles. The molecule has 0 fully saturated rings. The van der Waals surface area contributed by atoms with Crippen LogP contribution in [-0.4, -0.2) is 30.1 Å². The molecule has 24 heavy (non-hydrogen) atoms. The van der Waals surface area contributed by atoms with Gasteiger partial charge >= 0.3 is 0 Å². The molecule has 0 N–H and O–H groups in total. The van der Waals surface area contributed by atoms with E-state index >= 15 is 0 Å². The summed E-state index contributed by atoms with van der Waals surface area (Å²) in [5.41, 5.74) is 2.48. The lowest BCUT2D eigenvalue weighted by Gasteiger charge is -2.22. The molecule has 2 aromatic carbocycles. The number of halogens is 1. The number of nitro benzene ring substituents is 1. The first kappa shape index (κ1) is 16.1. The fourth-order valence-corrected chi connectivity index (χ4v) is 2.72. The van der Waals surface area contributed by atoms with Crippen molar-refractivity contribution in [1.29, 1.82) is 0 Å². The van der Waals surface area contributed by atoms with Crippen molar-refractivity contribution in [2.45, 2.75) is 6.92 Å². The topological polar surface area (TPSA) is 75.8 Å². The normalized spacial score (nSPS) is 13.3. The van der Waals surface area contributed by atoms with Gasteiger partial charge in [-0.1, -0.05) is 17.7 Å². The summed E-state index contributed by atoms with van der Waals surface area (Å²) in [7, 11) is 0. The summed E-state index contributed by atoms with van der Waals surface area (Å²) >= 11 is 6.11. The summed E-state index contributed by atoms with van der Waals surface area (Å²) in [6.45, 7) is 2.68. The van der Waals surface area contributed by atoms with Crippen molar-refractivity contribution in [3.63, 3.8) is 0 Å². The lowest BCUT2D eigenvalue weighted by molar-refractivity contribution is -0.384. The van der Waals surface area contributed by atoms with E-state index in [1.54, 1.807) is 35.4 Å². The maximum absolute atomic E-state index is 12.9. The van der Waals surface area contributed by atoms with E-state index < -0.39 is 4.92 Å². The highest BCUT2D eigenvalue weighted by Gasteiger charge is 2.23. The van der Waals surface area contributed by atoms with Crippen molar-refractivity contribution < 1.29 is 9.72 Å². The van der Waals surface area contributed by atoms with Crippen LogP contribution in [0.15, 0.2) is 41.4 Å². The van der Waals surface area contributed by atoms with E-state index in [0.717, 1.165) is 5.56 Å². The Morgan fingerprint density at radius 3 is 2.79 bits per heavy atom. The number of rotatable bonds is 2. The Morgan fingerprint density at radius 2 is 2.08 bits per heavy atom. The molecule has 3 rings (SSSR count). The Labute approximate surface area is 143 Å². The largest absolute Gasteiger partial charge is 0.306 e. The summed E-state index contributed by atoms with van der Waals surface area (Å²) in [6.07, 6.45) is 1.57. The molecule has 6 nitrogen and oxygen atoms in total. The molecule has 2 aromatic rings. The summed E-state index contributed by atoms with van der Waals surface area (Å²) in [6, 6.07) is 9.54. The molecule has 122 valence electrons. The zero-order valence-corrected chi connectivity index (χ0v) is 13.7. The van der Waals surface area contributed by atoms with Gasteiger partial charge in [0.1, 0.15) is 0 Å². The minimum absolute atomic E-state index is 0.0344. The molecule has 1 aliphatic rings. The Hall–Kier alpha value is -2.73. The first-order valence-electron chi connectivity index (χ1n) is 7.33. The predicted octanol–water partition coefficient (Wildman–Crippen LogP) is 3.64. The Bertz CT molecular complexity index is 864. The van der Waals surface area contributed by atoms with Crippen LogP contribution in [0.5, 0.6) is 0 Å². The van der Waals surface area contributed by atoms with Crippen molar-refractivity contribution in [3.05, 3.63) is 68.2 Å². The van der Waals surface area contributed by atoms with E-state index in [1.807, 2.05) is 6.92 Å². The molecular weight excluding hydrogens is 330 g/mol. The van der Waals surface area contributed by atoms with Crippen LogP contribution in [-0.2, 0) is 0 Å². The van der Waals surface area contributed by atoms with Crippen LogP contribution in [0, 0.1) is 17.0 Å². The van der Waals surface area contributed by atoms with Crippen LogP contribution >= 0.6 is 11.6 Å². The second-order valence-electron chi connectivity index (χ2n) is 5.46. The number of nitrogens with zero attached hydrogens (tertiary/aromatic N) is 3. The highest BCUT2D eigenvalue weighted by molar-refractivity contribution is 6.31. The van der Waals surface area contributed by atoms with Crippen molar-refractivity contribution in [1.82, 2.24) is 0 Å². The van der Waals surface area contributed by atoms with Gasteiger partial charge in [0.25, 0.3) is 11.6 Å². The van der Waals surface area contributed by atoms with Crippen molar-refractivity contribution >= 4 is 35.1 Å². The van der Waals surface area contributed by atoms with Gasteiger partial charge in [0.05, 0.1) is 17.2 Å². The van der Waals surface area contributed by atoms with Crippen LogP contribution in [0.25, 0.3) is 0 Å². The van der Waals surface area contributed by atoms with Gasteiger partial charge in [-0.05, 0) is 30.7 Å². The molecule has 0 unspecified atom stereocenters. The minimum Gasteiger partial charge on any atom is -0.306 e. The molecule has 7 heteroatoms. The molecular formula is C17H14ClN3O3. The number of aryl methyl sites for hydroxylation is 1. The summed E-state index contributed by atoms with van der Waals surface area (Å²) < 4.78 is 0. The Kier molecular flexibility index (Phi) is 4.31. The lowest BCUT2D eigenvalue weighted by Crippen LogP contribution is -2.33. The van der Waals surface area contributed by atoms with Gasteiger partial charge in [-0.2, -0.15) is 0 Å². The second-order valence-corrected chi connectivity index (χ2v) is 5.86. The molecule has 0 spiro atoms. The number of aliphatic imine (C=N–C) groups is 1. The molecule has 1 heterocycles. The number of hydrogen-bond acceptors (Lipinski definition) is 4. The van der Waals surface area contributed by atoms with Gasteiger partial charge in [0.15, 0.2) is 0 Å². The third-order valence-corrected chi connectivity index (χ3v) is 4.27. The Balaban J connectivity index is 2.02. The third-order valence-electron chi connectivity index (χ3n) is 3.86. The minimum atomic E-state index is -0.467. The van der Waals surface area contributed by atoms with Gasteiger partial charge in [0, 0.05) is 41.0 Å². The number of benzodiazepines with no additional fused rings is 1. The molecule has 0 bridgehead atoms. The van der Waals surface area contributed by atoms with E-state index in [2.05, 4.69) is 4.99 Å². The number of hydrogen-bond donors (Lipinski definition) is 0. The van der Waals surface area contributed by atoms with Gasteiger partial charge in [-0.15, -0.1) is 0 Å². The average Bonchev–Trinajstić information content (AvgIpc) is 2.78. The smallest absolute Gasteiger partial charge is 0.270 e. The van der Waals surface area contributed by atoms with Gasteiger partial charge in [-0.3, -0.25) is 19.9 Å². The SMILES string of the molecule is Cc1ccc(C(=O)N2CCN=Cc3cc([N+](=O)[O-])ccc32)cc1Cl. The summed E-state index contributed by atoms with van der Waals surface area (Å²) in [5, 5.41) is 11.5. The molecule has 1 amide bonds. The fourth-order valence-electron chi connectivity index (χ4n) is 2.54. The average molecular weight is 344 g/mol. The number of amides is 1. The van der Waals surface area contributed by atoms with E-state index in [1.165, 1.54) is 12.1 Å². The summed E-state index contributed by atoms with van der Waals surface area (Å²) in [4.78, 5) is 29.1. The van der Waals surface area contributed by atoms with Crippen LogP contribution in [0.1, 0.15) is 21.5 Å². The highest BCUT2D eigenvalue weighted by Crippen LogP contribution is 2.28. The quantitative estimate of drug-likeness (QED) is 0.617. The molecule has 0 radical (unpaired) electrons. The van der Waals surface area contributed by atoms with Crippen molar-refractivity contribution in [3.8, 4) is 0 Å². The summed E-state index contributed by atoms with van der Waals surface area (Å²) in [5.74, 6) is -0.211. The van der Waals surface area contributed by atoms with Gasteiger partial charge in [0.2, 0.25) is 0 Å². The maximum Gasteiger partial charge on any atom is 0.270 e. The molecule has 0 aromatic heterocycles. The molecule has 1 aliphatic heterocycles. The monoisotopic (exact) mass is 343 g/mol. The molecule has 0 atom stereocenters. The van der Waals surface area contributed by atoms with Crippen LogP contribution in [0.4, 0.5) is 11.4 Å². The number of nitro groups is 1. The molecule has 0 saturated carbocycles. The number of carbonyl (C=O) groups excluding carboxylic acids is 1.